The van der Waals surface area contributed by atoms with Crippen molar-refractivity contribution in [1.82, 2.24) is 5.32 Å². The highest BCUT2D eigenvalue weighted by atomic mass is 16.5. The third-order valence-electron chi connectivity index (χ3n) is 2.76. The number of aliphatic hydroxyl groups excluding tert-OH is 1. The lowest BCUT2D eigenvalue weighted by molar-refractivity contribution is 0.0985. The number of hydrogen-bond acceptors (Lipinski definition) is 5. The van der Waals surface area contributed by atoms with Crippen molar-refractivity contribution in [1.29, 1.82) is 0 Å². The number of nitrogens with one attached hydrogen (secondary N) is 1. The first-order chi connectivity index (χ1) is 9.35. The first-order valence-corrected chi connectivity index (χ1v) is 6.78. The van der Waals surface area contributed by atoms with Gasteiger partial charge in [-0.1, -0.05) is 6.07 Å². The fraction of sp³-hybridized carbons (Fsp3) is 0.600. The Labute approximate surface area is 121 Å². The Hall–Kier alpha value is -1.30. The Morgan fingerprint density at radius 3 is 2.55 bits per heavy atom. The minimum Gasteiger partial charge on any atom is -0.493 e. The molecule has 20 heavy (non-hydrogen) atoms. The Balaban J connectivity index is 2.52. The van der Waals surface area contributed by atoms with Crippen molar-refractivity contribution in [2.45, 2.75) is 39.0 Å². The Kier molecular flexibility index (Phi) is 6.26. The van der Waals surface area contributed by atoms with Crippen LogP contribution in [0.2, 0.25) is 0 Å². The fourth-order valence-corrected chi connectivity index (χ4v) is 1.63. The van der Waals surface area contributed by atoms with E-state index < -0.39 is 6.10 Å². The molecule has 0 heterocycles. The van der Waals surface area contributed by atoms with Gasteiger partial charge in [0, 0.05) is 18.6 Å². The molecule has 0 aromatic heterocycles. The molecule has 1 rings (SSSR count). The van der Waals surface area contributed by atoms with Crippen LogP contribution in [0.15, 0.2) is 18.2 Å². The van der Waals surface area contributed by atoms with Gasteiger partial charge in [-0.05, 0) is 38.5 Å². The second kappa shape index (κ2) is 7.47. The summed E-state index contributed by atoms with van der Waals surface area (Å²) in [5.41, 5.74) is 6.53. The third kappa shape index (κ3) is 5.77. The molecule has 0 bridgehead atoms. The van der Waals surface area contributed by atoms with Gasteiger partial charge in [0.05, 0.1) is 7.11 Å². The van der Waals surface area contributed by atoms with Gasteiger partial charge in [-0.2, -0.15) is 0 Å². The van der Waals surface area contributed by atoms with Gasteiger partial charge in [-0.15, -0.1) is 0 Å². The summed E-state index contributed by atoms with van der Waals surface area (Å²) in [6.45, 7) is 7.29. The molecule has 4 N–H and O–H groups in total. The topological polar surface area (TPSA) is 76.7 Å². The van der Waals surface area contributed by atoms with E-state index in [1.807, 2.05) is 18.2 Å². The van der Waals surface area contributed by atoms with Crippen molar-refractivity contribution >= 4 is 0 Å². The van der Waals surface area contributed by atoms with Crippen LogP contribution in [-0.2, 0) is 6.54 Å². The Bertz CT molecular complexity index is 416. The van der Waals surface area contributed by atoms with Crippen LogP contribution < -0.4 is 20.5 Å². The second-order valence-corrected chi connectivity index (χ2v) is 5.79. The molecule has 1 aromatic rings. The zero-order chi connectivity index (χ0) is 15.2. The lowest BCUT2D eigenvalue weighted by atomic mass is 10.1. The molecule has 1 aromatic carbocycles. The van der Waals surface area contributed by atoms with E-state index in [4.69, 9.17) is 15.2 Å². The van der Waals surface area contributed by atoms with Crippen LogP contribution in [0.3, 0.4) is 0 Å². The van der Waals surface area contributed by atoms with Gasteiger partial charge in [-0.25, -0.2) is 0 Å². The van der Waals surface area contributed by atoms with E-state index in [1.165, 1.54) is 0 Å². The van der Waals surface area contributed by atoms with Crippen molar-refractivity contribution in [3.8, 4) is 11.5 Å². The number of β-amino-alcohol motifs (C(OH)–C–C–N with tert-alkyl or cyclic N) is 1. The average molecular weight is 282 g/mol. The van der Waals surface area contributed by atoms with Gasteiger partial charge >= 0.3 is 0 Å². The number of benzene rings is 1. The number of aliphatic hydroxyl groups is 1. The van der Waals surface area contributed by atoms with E-state index in [0.717, 1.165) is 5.56 Å². The average Bonchev–Trinajstić information content (AvgIpc) is 2.41. The molecule has 0 aliphatic rings. The van der Waals surface area contributed by atoms with Crippen LogP contribution in [0.5, 0.6) is 11.5 Å². The summed E-state index contributed by atoms with van der Waals surface area (Å²) < 4.78 is 10.9. The van der Waals surface area contributed by atoms with Crippen molar-refractivity contribution in [3.63, 3.8) is 0 Å². The minimum atomic E-state index is -0.576. The highest BCUT2D eigenvalue weighted by molar-refractivity contribution is 5.42. The summed E-state index contributed by atoms with van der Waals surface area (Å²) in [7, 11) is 1.58. The first-order valence-electron chi connectivity index (χ1n) is 6.78. The van der Waals surface area contributed by atoms with Crippen LogP contribution in [0.4, 0.5) is 0 Å². The molecule has 0 saturated heterocycles. The zero-order valence-corrected chi connectivity index (χ0v) is 12.8. The summed E-state index contributed by atoms with van der Waals surface area (Å²) in [5, 5.41) is 13.1. The van der Waals surface area contributed by atoms with Crippen LogP contribution >= 0.6 is 0 Å². The van der Waals surface area contributed by atoms with Crippen LogP contribution in [0.1, 0.15) is 26.3 Å². The normalized spacial score (nSPS) is 13.1. The first kappa shape index (κ1) is 16.8. The number of ether oxygens (including phenoxy) is 2. The molecular formula is C15H26N2O3. The molecule has 5 nitrogen and oxygen atoms in total. The molecule has 1 atom stereocenters. The van der Waals surface area contributed by atoms with Gasteiger partial charge in [0.15, 0.2) is 11.5 Å². The molecule has 0 radical (unpaired) electrons. The van der Waals surface area contributed by atoms with Crippen molar-refractivity contribution in [3.05, 3.63) is 23.8 Å². The molecule has 1 unspecified atom stereocenters. The highest BCUT2D eigenvalue weighted by Crippen LogP contribution is 2.28. The maximum Gasteiger partial charge on any atom is 0.161 e. The maximum absolute atomic E-state index is 9.89. The molecule has 0 amide bonds. The fourth-order valence-electron chi connectivity index (χ4n) is 1.63. The van der Waals surface area contributed by atoms with Crippen molar-refractivity contribution in [2.24, 2.45) is 5.73 Å². The Morgan fingerprint density at radius 2 is 2.00 bits per heavy atom. The summed E-state index contributed by atoms with van der Waals surface area (Å²) in [4.78, 5) is 0. The standard InChI is InChI=1S/C15H26N2O3/c1-15(2,3)17-9-12(18)10-20-13-6-5-11(8-16)7-14(13)19-4/h5-7,12,17-18H,8-10,16H2,1-4H3. The molecule has 0 aliphatic heterocycles. The Morgan fingerprint density at radius 1 is 1.30 bits per heavy atom. The lowest BCUT2D eigenvalue weighted by Crippen LogP contribution is -2.42. The second-order valence-electron chi connectivity index (χ2n) is 5.79. The van der Waals surface area contributed by atoms with E-state index >= 15 is 0 Å². The van der Waals surface area contributed by atoms with E-state index in [-0.39, 0.29) is 12.1 Å². The van der Waals surface area contributed by atoms with Gasteiger partial charge < -0.3 is 25.6 Å². The summed E-state index contributed by atoms with van der Waals surface area (Å²) in [6, 6.07) is 5.54. The van der Waals surface area contributed by atoms with Gasteiger partial charge in [0.2, 0.25) is 0 Å². The molecule has 114 valence electrons. The predicted octanol–water partition coefficient (Wildman–Crippen LogP) is 1.28. The number of hydrogen-bond donors (Lipinski definition) is 3. The molecule has 5 heteroatoms. The van der Waals surface area contributed by atoms with Crippen LogP contribution in [0.25, 0.3) is 0 Å². The molecule has 0 fully saturated rings. The molecular weight excluding hydrogens is 256 g/mol. The molecule has 0 saturated carbocycles. The van der Waals surface area contributed by atoms with Crippen molar-refractivity contribution in [2.75, 3.05) is 20.3 Å². The number of rotatable bonds is 7. The summed E-state index contributed by atoms with van der Waals surface area (Å²) in [5.74, 6) is 1.24. The monoisotopic (exact) mass is 282 g/mol. The molecule has 0 spiro atoms. The smallest absolute Gasteiger partial charge is 0.161 e. The number of nitrogens with two attached hydrogens (primary N) is 1. The largest absolute Gasteiger partial charge is 0.493 e. The third-order valence-corrected chi connectivity index (χ3v) is 2.76. The molecule has 0 aliphatic carbocycles. The summed E-state index contributed by atoms with van der Waals surface area (Å²) >= 11 is 0. The van der Waals surface area contributed by atoms with E-state index in [1.54, 1.807) is 7.11 Å². The maximum atomic E-state index is 9.89. The predicted molar refractivity (Wildman–Crippen MR) is 80.1 cm³/mol. The SMILES string of the molecule is COc1cc(CN)ccc1OCC(O)CNC(C)(C)C. The minimum absolute atomic E-state index is 0.0263. The van der Waals surface area contributed by atoms with Gasteiger partial charge in [-0.3, -0.25) is 0 Å². The zero-order valence-electron chi connectivity index (χ0n) is 12.8. The van der Waals surface area contributed by atoms with E-state index in [2.05, 4.69) is 26.1 Å². The summed E-state index contributed by atoms with van der Waals surface area (Å²) in [6.07, 6.45) is -0.576. The quantitative estimate of drug-likeness (QED) is 0.702. The highest BCUT2D eigenvalue weighted by Gasteiger charge is 2.13. The van der Waals surface area contributed by atoms with Gasteiger partial charge in [0.25, 0.3) is 0 Å². The van der Waals surface area contributed by atoms with Crippen LogP contribution in [0, 0.1) is 0 Å². The van der Waals surface area contributed by atoms with E-state index in [0.29, 0.717) is 24.6 Å². The number of methoxy groups -OCH3 is 1. The van der Waals surface area contributed by atoms with E-state index in [9.17, 15) is 5.11 Å². The van der Waals surface area contributed by atoms with Crippen molar-refractivity contribution < 1.29 is 14.6 Å². The van der Waals surface area contributed by atoms with Crippen LogP contribution in [-0.4, -0.2) is 37.0 Å². The lowest BCUT2D eigenvalue weighted by Gasteiger charge is -2.23. The van der Waals surface area contributed by atoms with Gasteiger partial charge in [0.1, 0.15) is 12.7 Å².